The second-order valence-electron chi connectivity index (χ2n) is 4.13. The second-order valence-corrected chi connectivity index (χ2v) is 10.1. The maximum atomic E-state index is 11.2. The average Bonchev–Trinajstić information content (AvgIpc) is 1.93. The zero-order chi connectivity index (χ0) is 11.2. The molecule has 0 N–H and O–H groups in total. The second kappa shape index (κ2) is 5.84. The van der Waals surface area contributed by atoms with Crippen molar-refractivity contribution in [1.82, 2.24) is 0 Å². The Morgan fingerprint density at radius 2 is 1.71 bits per heavy atom. The highest BCUT2D eigenvalue weighted by Gasteiger charge is 2.24. The summed E-state index contributed by atoms with van der Waals surface area (Å²) in [4.78, 5) is 0. The highest BCUT2D eigenvalue weighted by molar-refractivity contribution is 7.83. The smallest absolute Gasteiger partial charge is 0.294 e. The lowest BCUT2D eigenvalue weighted by Gasteiger charge is -2.15. The van der Waals surface area contributed by atoms with Crippen LogP contribution in [0, 0.1) is 0 Å². The summed E-state index contributed by atoms with van der Waals surface area (Å²) in [6.45, 7) is 7.69. The standard InChI is InChI=1S/C8H20O4SSi/c1-5-6-7-8-11-13(9,10)12-14(2,3)4/h5-8H2,1-4H3. The molecule has 0 rings (SSSR count). The lowest BCUT2D eigenvalue weighted by Crippen LogP contribution is -2.30. The van der Waals surface area contributed by atoms with Crippen LogP contribution < -0.4 is 0 Å². The van der Waals surface area contributed by atoms with Gasteiger partial charge in [-0.3, -0.25) is 3.87 Å². The molecule has 0 aromatic heterocycles. The third kappa shape index (κ3) is 8.67. The lowest BCUT2D eigenvalue weighted by atomic mass is 10.3. The van der Waals surface area contributed by atoms with Crippen LogP contribution in [0.1, 0.15) is 26.2 Å². The Morgan fingerprint density at radius 1 is 1.14 bits per heavy atom. The van der Waals surface area contributed by atoms with Crippen LogP contribution in [-0.2, 0) is 18.5 Å². The molecule has 0 spiro atoms. The van der Waals surface area contributed by atoms with Crippen LogP contribution in [0.3, 0.4) is 0 Å². The van der Waals surface area contributed by atoms with Gasteiger partial charge in [0.1, 0.15) is 0 Å². The zero-order valence-electron chi connectivity index (χ0n) is 9.37. The lowest BCUT2D eigenvalue weighted by molar-refractivity contribution is 0.265. The summed E-state index contributed by atoms with van der Waals surface area (Å²) < 4.78 is 32.0. The molecule has 0 atom stereocenters. The molecule has 86 valence electrons. The van der Waals surface area contributed by atoms with E-state index in [0.717, 1.165) is 19.3 Å². The summed E-state index contributed by atoms with van der Waals surface area (Å²) in [5.74, 6) is 0. The fraction of sp³-hybridized carbons (Fsp3) is 1.00. The minimum absolute atomic E-state index is 0.223. The zero-order valence-corrected chi connectivity index (χ0v) is 11.2. The first kappa shape index (κ1) is 14.1. The first-order chi connectivity index (χ1) is 6.27. The third-order valence-electron chi connectivity index (χ3n) is 1.33. The molecule has 0 radical (unpaired) electrons. The predicted octanol–water partition coefficient (Wildman–Crippen LogP) is 2.29. The highest BCUT2D eigenvalue weighted by Crippen LogP contribution is 2.10. The Balaban J connectivity index is 3.86. The maximum Gasteiger partial charge on any atom is 0.390 e. The van der Waals surface area contributed by atoms with Crippen molar-refractivity contribution in [2.75, 3.05) is 6.61 Å². The molecule has 0 saturated heterocycles. The Morgan fingerprint density at radius 3 is 2.14 bits per heavy atom. The minimum Gasteiger partial charge on any atom is -0.294 e. The molecule has 0 aliphatic carbocycles. The van der Waals surface area contributed by atoms with Crippen LogP contribution in [0.2, 0.25) is 19.6 Å². The van der Waals surface area contributed by atoms with Gasteiger partial charge in [0.2, 0.25) is 8.32 Å². The van der Waals surface area contributed by atoms with Crippen molar-refractivity contribution < 1.29 is 16.5 Å². The Hall–Kier alpha value is 0.0869. The molecule has 0 unspecified atom stereocenters. The van der Waals surface area contributed by atoms with Crippen LogP contribution in [-0.4, -0.2) is 23.3 Å². The van der Waals surface area contributed by atoms with Gasteiger partial charge in [0, 0.05) is 0 Å². The summed E-state index contributed by atoms with van der Waals surface area (Å²) >= 11 is 0. The molecule has 0 fully saturated rings. The van der Waals surface area contributed by atoms with Gasteiger partial charge in [0.05, 0.1) is 6.61 Å². The Bertz CT molecular complexity index is 243. The van der Waals surface area contributed by atoms with Gasteiger partial charge in [0.15, 0.2) is 0 Å². The van der Waals surface area contributed by atoms with E-state index in [9.17, 15) is 8.42 Å². The van der Waals surface area contributed by atoms with Crippen LogP contribution in [0.5, 0.6) is 0 Å². The average molecular weight is 240 g/mol. The highest BCUT2D eigenvalue weighted by atomic mass is 32.3. The van der Waals surface area contributed by atoms with Crippen molar-refractivity contribution >= 4 is 18.7 Å². The van der Waals surface area contributed by atoms with Gasteiger partial charge in [-0.15, -0.1) is 0 Å². The maximum absolute atomic E-state index is 11.2. The molecule has 0 amide bonds. The van der Waals surface area contributed by atoms with Crippen LogP contribution in [0.4, 0.5) is 0 Å². The summed E-state index contributed by atoms with van der Waals surface area (Å²) in [6, 6.07) is 0. The van der Waals surface area contributed by atoms with E-state index in [0.29, 0.717) is 0 Å². The first-order valence-corrected chi connectivity index (χ1v) is 9.61. The van der Waals surface area contributed by atoms with E-state index < -0.39 is 18.7 Å². The van der Waals surface area contributed by atoms with E-state index in [4.69, 9.17) is 8.06 Å². The van der Waals surface area contributed by atoms with E-state index >= 15 is 0 Å². The van der Waals surface area contributed by atoms with E-state index in [1.54, 1.807) is 19.6 Å². The first-order valence-electron chi connectivity index (χ1n) is 4.87. The van der Waals surface area contributed by atoms with Crippen molar-refractivity contribution in [2.24, 2.45) is 0 Å². The molecule has 0 aromatic rings. The summed E-state index contributed by atoms with van der Waals surface area (Å²) in [6.07, 6.45) is 2.77. The van der Waals surface area contributed by atoms with Crippen LogP contribution in [0.15, 0.2) is 0 Å². The molecule has 0 aliphatic rings. The van der Waals surface area contributed by atoms with Gasteiger partial charge < -0.3 is 0 Å². The van der Waals surface area contributed by atoms with Gasteiger partial charge in [-0.05, 0) is 26.1 Å². The summed E-state index contributed by atoms with van der Waals surface area (Å²) in [5, 5.41) is 0. The SMILES string of the molecule is CCCCCOS(=O)(=O)O[Si](C)(C)C. The number of rotatable bonds is 7. The van der Waals surface area contributed by atoms with Crippen LogP contribution >= 0.6 is 0 Å². The van der Waals surface area contributed by atoms with Crippen molar-refractivity contribution in [3.8, 4) is 0 Å². The number of hydrogen-bond donors (Lipinski definition) is 0. The molecule has 6 heteroatoms. The van der Waals surface area contributed by atoms with Crippen molar-refractivity contribution in [2.45, 2.75) is 45.8 Å². The van der Waals surface area contributed by atoms with Gasteiger partial charge in [-0.25, -0.2) is 4.18 Å². The minimum atomic E-state index is -3.76. The third-order valence-corrected chi connectivity index (χ3v) is 4.60. The van der Waals surface area contributed by atoms with E-state index in [2.05, 4.69) is 0 Å². The van der Waals surface area contributed by atoms with Gasteiger partial charge in [0.25, 0.3) is 0 Å². The van der Waals surface area contributed by atoms with Gasteiger partial charge in [-0.1, -0.05) is 19.8 Å². The molecule has 0 aliphatic heterocycles. The Kier molecular flexibility index (Phi) is 5.88. The van der Waals surface area contributed by atoms with Gasteiger partial charge in [-0.2, -0.15) is 8.42 Å². The normalized spacial score (nSPS) is 13.1. The fourth-order valence-corrected chi connectivity index (χ4v) is 3.81. The largest absolute Gasteiger partial charge is 0.390 e. The van der Waals surface area contributed by atoms with E-state index in [1.165, 1.54) is 0 Å². The van der Waals surface area contributed by atoms with E-state index in [-0.39, 0.29) is 6.61 Å². The number of hydrogen-bond acceptors (Lipinski definition) is 4. The summed E-state index contributed by atoms with van der Waals surface area (Å²) in [7, 11) is -5.83. The predicted molar refractivity (Wildman–Crippen MR) is 58.8 cm³/mol. The van der Waals surface area contributed by atoms with Gasteiger partial charge >= 0.3 is 10.4 Å². The van der Waals surface area contributed by atoms with Crippen LogP contribution in [0.25, 0.3) is 0 Å². The molecular weight excluding hydrogens is 220 g/mol. The van der Waals surface area contributed by atoms with Crippen molar-refractivity contribution in [3.05, 3.63) is 0 Å². The molecule has 0 saturated carbocycles. The van der Waals surface area contributed by atoms with Crippen molar-refractivity contribution in [3.63, 3.8) is 0 Å². The Labute approximate surface area is 88.1 Å². The summed E-state index contributed by atoms with van der Waals surface area (Å²) in [5.41, 5.74) is 0. The van der Waals surface area contributed by atoms with E-state index in [1.807, 2.05) is 6.92 Å². The quantitative estimate of drug-likeness (QED) is 0.506. The van der Waals surface area contributed by atoms with Crippen molar-refractivity contribution in [1.29, 1.82) is 0 Å². The molecular formula is C8H20O4SSi. The molecule has 4 nitrogen and oxygen atoms in total. The molecule has 0 aromatic carbocycles. The topological polar surface area (TPSA) is 52.6 Å². The molecule has 0 heterocycles. The molecule has 0 bridgehead atoms. The monoisotopic (exact) mass is 240 g/mol. The number of unbranched alkanes of at least 4 members (excludes halogenated alkanes) is 2. The fourth-order valence-electron chi connectivity index (χ4n) is 0.843. The molecule has 14 heavy (non-hydrogen) atoms.